The number of halogens is 2. The van der Waals surface area contributed by atoms with Crippen LogP contribution in [0.15, 0.2) is 127 Å². The van der Waals surface area contributed by atoms with E-state index >= 15 is 8.78 Å². The van der Waals surface area contributed by atoms with Gasteiger partial charge in [-0.1, -0.05) is 103 Å². The Morgan fingerprint density at radius 2 is 1.26 bits per heavy atom. The number of anilines is 1. The first-order valence-electron chi connectivity index (χ1n) is 15.6. The van der Waals surface area contributed by atoms with Gasteiger partial charge in [-0.25, -0.2) is 13.5 Å². The molecule has 0 aliphatic carbocycles. The largest absolute Gasteiger partial charge is 0.308 e. The maximum absolute atomic E-state index is 15.0. The minimum absolute atomic E-state index is 0.105. The van der Waals surface area contributed by atoms with E-state index in [0.29, 0.717) is 22.3 Å². The first-order chi connectivity index (χ1) is 22.5. The Morgan fingerprint density at radius 1 is 0.739 bits per heavy atom. The van der Waals surface area contributed by atoms with Crippen LogP contribution in [0.1, 0.15) is 29.5 Å². The molecule has 1 fully saturated rings. The van der Waals surface area contributed by atoms with E-state index in [-0.39, 0.29) is 17.4 Å². The lowest BCUT2D eigenvalue weighted by atomic mass is 9.77. The lowest BCUT2D eigenvalue weighted by Crippen LogP contribution is -2.39. The molecule has 7 heteroatoms. The maximum atomic E-state index is 15.0. The van der Waals surface area contributed by atoms with Gasteiger partial charge in [-0.2, -0.15) is 5.10 Å². The van der Waals surface area contributed by atoms with Crippen molar-refractivity contribution in [2.45, 2.75) is 18.4 Å². The van der Waals surface area contributed by atoms with Crippen LogP contribution in [-0.4, -0.2) is 40.7 Å². The van der Waals surface area contributed by atoms with E-state index in [4.69, 9.17) is 5.10 Å². The van der Waals surface area contributed by atoms with Crippen LogP contribution in [0.5, 0.6) is 0 Å². The Bertz CT molecular complexity index is 1870. The molecule has 5 nitrogen and oxygen atoms in total. The van der Waals surface area contributed by atoms with Crippen LogP contribution in [0.2, 0.25) is 0 Å². The molecule has 2 heterocycles. The number of piperidine rings is 1. The van der Waals surface area contributed by atoms with Crippen LogP contribution in [0.25, 0.3) is 22.0 Å². The molecular formula is C39H34F2N4O. The lowest BCUT2D eigenvalue weighted by molar-refractivity contribution is -0.121. The second-order valence-corrected chi connectivity index (χ2v) is 12.0. The number of hydrogen-bond acceptors (Lipinski definition) is 3. The van der Waals surface area contributed by atoms with Crippen LogP contribution in [-0.2, 0) is 10.3 Å². The fourth-order valence-corrected chi connectivity index (χ4v) is 6.79. The SMILES string of the molecule is CN1CCC(C(=O)Nc2nn(C(c3ccccc3)(c3ccccc3)c3ccccc3)c3ccc(-c4c(F)cccc4F)cc23)CC1. The summed E-state index contributed by atoms with van der Waals surface area (Å²) in [7, 11) is 2.06. The number of nitrogens with one attached hydrogen (secondary N) is 1. The van der Waals surface area contributed by atoms with E-state index in [9.17, 15) is 4.79 Å². The predicted molar refractivity (Wildman–Crippen MR) is 179 cm³/mol. The molecule has 1 aliphatic rings. The number of fused-ring (bicyclic) bond motifs is 1. The molecule has 1 saturated heterocycles. The van der Waals surface area contributed by atoms with E-state index in [1.807, 2.05) is 65.3 Å². The highest BCUT2D eigenvalue weighted by molar-refractivity contribution is 6.02. The monoisotopic (exact) mass is 612 g/mol. The van der Waals surface area contributed by atoms with Crippen molar-refractivity contribution in [2.24, 2.45) is 5.92 Å². The molecule has 0 atom stereocenters. The van der Waals surface area contributed by atoms with Gasteiger partial charge in [0.15, 0.2) is 5.82 Å². The Kier molecular flexibility index (Phi) is 7.93. The highest BCUT2D eigenvalue weighted by Gasteiger charge is 2.41. The second-order valence-electron chi connectivity index (χ2n) is 12.0. The molecule has 1 aromatic heterocycles. The Hall–Kier alpha value is -5.14. The van der Waals surface area contributed by atoms with Crippen LogP contribution in [0, 0.1) is 17.6 Å². The van der Waals surface area contributed by atoms with Gasteiger partial charge in [0.05, 0.1) is 11.1 Å². The topological polar surface area (TPSA) is 50.2 Å². The zero-order valence-electron chi connectivity index (χ0n) is 25.5. The first kappa shape index (κ1) is 29.6. The number of carbonyl (C=O) groups excluding carboxylic acids is 1. The molecular weight excluding hydrogens is 578 g/mol. The second kappa shape index (κ2) is 12.3. The van der Waals surface area contributed by atoms with Gasteiger partial charge in [0.2, 0.25) is 5.91 Å². The van der Waals surface area contributed by atoms with Crippen molar-refractivity contribution >= 4 is 22.6 Å². The molecule has 0 radical (unpaired) electrons. The van der Waals surface area contributed by atoms with Crippen LogP contribution in [0.3, 0.4) is 0 Å². The number of amides is 1. The van der Waals surface area contributed by atoms with Gasteiger partial charge in [-0.3, -0.25) is 4.79 Å². The minimum Gasteiger partial charge on any atom is -0.308 e. The number of carbonyl (C=O) groups is 1. The number of aromatic nitrogens is 2. The molecule has 7 rings (SSSR count). The van der Waals surface area contributed by atoms with E-state index < -0.39 is 17.2 Å². The summed E-state index contributed by atoms with van der Waals surface area (Å²) in [5.74, 6) is -1.23. The Morgan fingerprint density at radius 3 is 1.78 bits per heavy atom. The molecule has 6 aromatic rings. The summed E-state index contributed by atoms with van der Waals surface area (Å²) in [6, 6.07) is 39.6. The average Bonchev–Trinajstić information content (AvgIpc) is 3.44. The summed E-state index contributed by atoms with van der Waals surface area (Å²) >= 11 is 0. The maximum Gasteiger partial charge on any atom is 0.228 e. The summed E-state index contributed by atoms with van der Waals surface area (Å²) in [6.07, 6.45) is 1.49. The average molecular weight is 613 g/mol. The van der Waals surface area contributed by atoms with E-state index in [0.717, 1.165) is 42.6 Å². The van der Waals surface area contributed by atoms with Crippen molar-refractivity contribution in [2.75, 3.05) is 25.5 Å². The third-order valence-corrected chi connectivity index (χ3v) is 9.15. The fraction of sp³-hybridized carbons (Fsp3) is 0.179. The third-order valence-electron chi connectivity index (χ3n) is 9.15. The summed E-state index contributed by atoms with van der Waals surface area (Å²) in [4.78, 5) is 16.0. The molecule has 0 saturated carbocycles. The zero-order valence-corrected chi connectivity index (χ0v) is 25.5. The molecule has 0 bridgehead atoms. The molecule has 0 unspecified atom stereocenters. The van der Waals surface area contributed by atoms with Crippen LogP contribution < -0.4 is 5.32 Å². The lowest BCUT2D eigenvalue weighted by Gasteiger charge is -2.37. The van der Waals surface area contributed by atoms with Crippen molar-refractivity contribution < 1.29 is 13.6 Å². The standard InChI is InChI=1S/C39H34F2N4O/c1-44-24-22-27(23-25-44)38(46)42-37-32-26-28(36-33(40)18-11-19-34(36)41)20-21-35(32)45(43-37)39(29-12-5-2-6-13-29,30-14-7-3-8-15-30)31-16-9-4-10-17-31/h2-21,26-27H,22-25H2,1H3,(H,42,43,46). The van der Waals surface area contributed by atoms with E-state index in [1.54, 1.807) is 12.1 Å². The first-order valence-corrected chi connectivity index (χ1v) is 15.6. The summed E-state index contributed by atoms with van der Waals surface area (Å²) in [5, 5.41) is 8.95. The fourth-order valence-electron chi connectivity index (χ4n) is 6.79. The summed E-state index contributed by atoms with van der Waals surface area (Å²) in [6.45, 7) is 1.67. The molecule has 0 spiro atoms. The van der Waals surface area contributed by atoms with Gasteiger partial charge in [0.1, 0.15) is 17.2 Å². The summed E-state index contributed by atoms with van der Waals surface area (Å²) in [5.41, 5.74) is 2.89. The predicted octanol–water partition coefficient (Wildman–Crippen LogP) is 8.10. The Labute approximate surface area is 267 Å². The smallest absolute Gasteiger partial charge is 0.228 e. The molecule has 230 valence electrons. The van der Waals surface area contributed by atoms with Gasteiger partial charge < -0.3 is 10.2 Å². The molecule has 1 aliphatic heterocycles. The molecule has 46 heavy (non-hydrogen) atoms. The van der Waals surface area contributed by atoms with Crippen molar-refractivity contribution in [1.82, 2.24) is 14.7 Å². The van der Waals surface area contributed by atoms with Gasteiger partial charge in [0.25, 0.3) is 0 Å². The highest BCUT2D eigenvalue weighted by atomic mass is 19.1. The number of likely N-dealkylation sites (tertiary alicyclic amines) is 1. The summed E-state index contributed by atoms with van der Waals surface area (Å²) < 4.78 is 32.0. The van der Waals surface area contributed by atoms with Gasteiger partial charge in [0, 0.05) is 11.3 Å². The minimum atomic E-state index is -0.955. The van der Waals surface area contributed by atoms with Gasteiger partial charge >= 0.3 is 0 Å². The van der Waals surface area contributed by atoms with Crippen molar-refractivity contribution in [1.29, 1.82) is 0 Å². The Balaban J connectivity index is 1.51. The molecule has 5 aromatic carbocycles. The number of rotatable bonds is 7. The molecule has 1 N–H and O–H groups in total. The van der Waals surface area contributed by atoms with E-state index in [1.165, 1.54) is 18.2 Å². The highest BCUT2D eigenvalue weighted by Crippen LogP contribution is 2.44. The van der Waals surface area contributed by atoms with Gasteiger partial charge in [-0.05, 0) is 79.5 Å². The normalized spacial score (nSPS) is 14.4. The van der Waals surface area contributed by atoms with Crippen molar-refractivity contribution in [3.63, 3.8) is 0 Å². The third kappa shape index (κ3) is 5.16. The molecule has 1 amide bonds. The van der Waals surface area contributed by atoms with Crippen molar-refractivity contribution in [3.05, 3.63) is 156 Å². The quantitative estimate of drug-likeness (QED) is 0.185. The van der Waals surface area contributed by atoms with Crippen molar-refractivity contribution in [3.8, 4) is 11.1 Å². The number of benzene rings is 5. The number of hydrogen-bond donors (Lipinski definition) is 1. The van der Waals surface area contributed by atoms with E-state index in [2.05, 4.69) is 53.7 Å². The number of nitrogens with zero attached hydrogens (tertiary/aromatic N) is 3. The van der Waals surface area contributed by atoms with Gasteiger partial charge in [-0.15, -0.1) is 0 Å². The van der Waals surface area contributed by atoms with Crippen LogP contribution >= 0.6 is 0 Å². The van der Waals surface area contributed by atoms with Crippen LogP contribution in [0.4, 0.5) is 14.6 Å². The zero-order chi connectivity index (χ0) is 31.7.